The molecule has 0 radical (unpaired) electrons. The molecule has 0 aliphatic carbocycles. The molecule has 160 valence electrons. The summed E-state index contributed by atoms with van der Waals surface area (Å²) in [5.41, 5.74) is 3.40. The second-order valence-corrected chi connectivity index (χ2v) is 8.25. The molecule has 30 heavy (non-hydrogen) atoms. The normalized spacial score (nSPS) is 21.3. The average molecular weight is 409 g/mol. The summed E-state index contributed by atoms with van der Waals surface area (Å²) >= 11 is 0. The fourth-order valence-corrected chi connectivity index (χ4v) is 4.31. The first-order valence-corrected chi connectivity index (χ1v) is 10.9. The summed E-state index contributed by atoms with van der Waals surface area (Å²) < 4.78 is 5.44. The molecular weight excluding hydrogens is 376 g/mol. The van der Waals surface area contributed by atoms with Gasteiger partial charge in [-0.15, -0.1) is 0 Å². The zero-order valence-corrected chi connectivity index (χ0v) is 17.7. The highest BCUT2D eigenvalue weighted by molar-refractivity contribution is 5.89. The van der Waals surface area contributed by atoms with Crippen LogP contribution in [-0.4, -0.2) is 61.3 Å². The van der Waals surface area contributed by atoms with Crippen LogP contribution in [0.1, 0.15) is 30.5 Å². The van der Waals surface area contributed by atoms with Gasteiger partial charge < -0.3 is 15.4 Å². The van der Waals surface area contributed by atoms with Crippen LogP contribution in [0.2, 0.25) is 0 Å². The maximum atomic E-state index is 12.4. The molecule has 2 aliphatic rings. The Morgan fingerprint density at radius 1 is 1.07 bits per heavy atom. The Balaban J connectivity index is 1.23. The van der Waals surface area contributed by atoms with Gasteiger partial charge in [-0.3, -0.25) is 9.80 Å². The van der Waals surface area contributed by atoms with Gasteiger partial charge in [-0.25, -0.2) is 4.79 Å². The number of hydrogen-bond donors (Lipinski definition) is 2. The summed E-state index contributed by atoms with van der Waals surface area (Å²) in [7, 11) is 0. The van der Waals surface area contributed by atoms with Crippen molar-refractivity contribution in [3.05, 3.63) is 65.7 Å². The maximum Gasteiger partial charge on any atom is 0.319 e. The number of nitrogens with one attached hydrogen (secondary N) is 2. The van der Waals surface area contributed by atoms with Gasteiger partial charge in [0.15, 0.2) is 0 Å². The largest absolute Gasteiger partial charge is 0.379 e. The SMILES string of the molecule is CC(c1ccc(NC(=O)NC2CCN(Cc3ccccc3)C2)cc1)N1CCOCC1. The lowest BCUT2D eigenvalue weighted by Crippen LogP contribution is -2.39. The minimum atomic E-state index is -0.129. The number of amides is 2. The molecule has 0 aromatic heterocycles. The van der Waals surface area contributed by atoms with Crippen LogP contribution in [0.3, 0.4) is 0 Å². The van der Waals surface area contributed by atoms with E-state index in [-0.39, 0.29) is 12.1 Å². The molecule has 6 nitrogen and oxygen atoms in total. The summed E-state index contributed by atoms with van der Waals surface area (Å²) in [6.07, 6.45) is 0.982. The van der Waals surface area contributed by atoms with E-state index in [1.165, 1.54) is 11.1 Å². The van der Waals surface area contributed by atoms with Gasteiger partial charge >= 0.3 is 6.03 Å². The zero-order chi connectivity index (χ0) is 20.8. The third-order valence-corrected chi connectivity index (χ3v) is 6.10. The molecule has 2 aromatic rings. The molecule has 2 aromatic carbocycles. The van der Waals surface area contributed by atoms with Crippen LogP contribution >= 0.6 is 0 Å². The van der Waals surface area contributed by atoms with Crippen molar-refractivity contribution in [3.8, 4) is 0 Å². The lowest BCUT2D eigenvalue weighted by Gasteiger charge is -2.32. The van der Waals surface area contributed by atoms with E-state index in [9.17, 15) is 4.79 Å². The molecule has 0 bridgehead atoms. The van der Waals surface area contributed by atoms with E-state index in [1.54, 1.807) is 0 Å². The highest BCUT2D eigenvalue weighted by Gasteiger charge is 2.24. The smallest absolute Gasteiger partial charge is 0.319 e. The second kappa shape index (κ2) is 10.1. The summed E-state index contributed by atoms with van der Waals surface area (Å²) in [4.78, 5) is 17.3. The molecule has 2 aliphatic heterocycles. The number of carbonyl (C=O) groups is 1. The number of urea groups is 1. The minimum absolute atomic E-state index is 0.129. The van der Waals surface area contributed by atoms with Crippen molar-refractivity contribution in [1.82, 2.24) is 15.1 Å². The number of rotatable bonds is 6. The van der Waals surface area contributed by atoms with Crippen molar-refractivity contribution in [2.75, 3.05) is 44.7 Å². The van der Waals surface area contributed by atoms with Crippen LogP contribution in [-0.2, 0) is 11.3 Å². The van der Waals surface area contributed by atoms with E-state index in [1.807, 2.05) is 18.2 Å². The van der Waals surface area contributed by atoms with Gasteiger partial charge in [0.05, 0.1) is 13.2 Å². The molecule has 2 fully saturated rings. The van der Waals surface area contributed by atoms with Gasteiger partial charge in [0.1, 0.15) is 0 Å². The molecule has 0 spiro atoms. The molecule has 2 unspecified atom stereocenters. The summed E-state index contributed by atoms with van der Waals surface area (Å²) in [6.45, 7) is 8.58. The molecule has 4 rings (SSSR count). The average Bonchev–Trinajstić information content (AvgIpc) is 3.21. The third-order valence-electron chi connectivity index (χ3n) is 6.10. The van der Waals surface area contributed by atoms with Crippen molar-refractivity contribution in [1.29, 1.82) is 0 Å². The quantitative estimate of drug-likeness (QED) is 0.768. The minimum Gasteiger partial charge on any atom is -0.379 e. The number of morpholine rings is 1. The van der Waals surface area contributed by atoms with E-state index in [4.69, 9.17) is 4.74 Å². The number of ether oxygens (including phenoxy) is 1. The van der Waals surface area contributed by atoms with Gasteiger partial charge in [0, 0.05) is 50.5 Å². The molecule has 2 atom stereocenters. The van der Waals surface area contributed by atoms with Crippen molar-refractivity contribution in [3.63, 3.8) is 0 Å². The topological polar surface area (TPSA) is 56.8 Å². The van der Waals surface area contributed by atoms with Gasteiger partial charge in [-0.1, -0.05) is 42.5 Å². The van der Waals surface area contributed by atoms with E-state index in [0.29, 0.717) is 6.04 Å². The van der Waals surface area contributed by atoms with E-state index < -0.39 is 0 Å². The number of hydrogen-bond acceptors (Lipinski definition) is 4. The standard InChI is InChI=1S/C24H32N4O2/c1-19(28-13-15-30-16-14-28)21-7-9-22(10-8-21)25-24(29)26-23-11-12-27(18-23)17-20-5-3-2-4-6-20/h2-10,19,23H,11-18H2,1H3,(H2,25,26,29). The monoisotopic (exact) mass is 408 g/mol. The summed E-state index contributed by atoms with van der Waals surface area (Å²) in [5, 5.41) is 6.10. The molecule has 2 saturated heterocycles. The van der Waals surface area contributed by atoms with Crippen molar-refractivity contribution < 1.29 is 9.53 Å². The number of nitrogens with zero attached hydrogens (tertiary/aromatic N) is 2. The van der Waals surface area contributed by atoms with Crippen LogP contribution in [0.4, 0.5) is 10.5 Å². The Bertz CT molecular complexity index is 806. The fraction of sp³-hybridized carbons (Fsp3) is 0.458. The number of carbonyl (C=O) groups excluding carboxylic acids is 1. The summed E-state index contributed by atoms with van der Waals surface area (Å²) in [5.74, 6) is 0. The molecule has 0 saturated carbocycles. The van der Waals surface area contributed by atoms with Crippen LogP contribution in [0.5, 0.6) is 0 Å². The highest BCUT2D eigenvalue weighted by Crippen LogP contribution is 2.23. The van der Waals surface area contributed by atoms with Crippen LogP contribution < -0.4 is 10.6 Å². The Morgan fingerprint density at radius 3 is 2.53 bits per heavy atom. The first-order valence-electron chi connectivity index (χ1n) is 10.9. The van der Waals surface area contributed by atoms with Crippen molar-refractivity contribution >= 4 is 11.7 Å². The Morgan fingerprint density at radius 2 is 1.80 bits per heavy atom. The Kier molecular flexibility index (Phi) is 7.00. The predicted molar refractivity (Wildman–Crippen MR) is 120 cm³/mol. The summed E-state index contributed by atoms with van der Waals surface area (Å²) in [6, 6.07) is 19.1. The molecule has 6 heteroatoms. The lowest BCUT2D eigenvalue weighted by atomic mass is 10.1. The van der Waals surface area contributed by atoms with Gasteiger partial charge in [-0.05, 0) is 36.6 Å². The van der Waals surface area contributed by atoms with Gasteiger partial charge in [0.2, 0.25) is 0 Å². The van der Waals surface area contributed by atoms with Crippen LogP contribution in [0, 0.1) is 0 Å². The fourth-order valence-electron chi connectivity index (χ4n) is 4.31. The van der Waals surface area contributed by atoms with Crippen LogP contribution in [0.25, 0.3) is 0 Å². The van der Waals surface area contributed by atoms with E-state index in [0.717, 1.165) is 58.0 Å². The lowest BCUT2D eigenvalue weighted by molar-refractivity contribution is 0.0198. The van der Waals surface area contributed by atoms with E-state index >= 15 is 0 Å². The molecular formula is C24H32N4O2. The first-order chi connectivity index (χ1) is 14.7. The Labute approximate surface area is 179 Å². The zero-order valence-electron chi connectivity index (χ0n) is 17.7. The number of benzene rings is 2. The number of likely N-dealkylation sites (tertiary alicyclic amines) is 1. The molecule has 2 N–H and O–H groups in total. The Hall–Kier alpha value is -2.41. The van der Waals surface area contributed by atoms with Crippen molar-refractivity contribution in [2.24, 2.45) is 0 Å². The maximum absolute atomic E-state index is 12.4. The van der Waals surface area contributed by atoms with Crippen molar-refractivity contribution in [2.45, 2.75) is 32.0 Å². The van der Waals surface area contributed by atoms with Gasteiger partial charge in [0.25, 0.3) is 0 Å². The second-order valence-electron chi connectivity index (χ2n) is 8.25. The third kappa shape index (κ3) is 5.59. The first kappa shape index (κ1) is 20.8. The number of anilines is 1. The highest BCUT2D eigenvalue weighted by atomic mass is 16.5. The predicted octanol–water partition coefficient (Wildman–Crippen LogP) is 3.48. The molecule has 2 amide bonds. The van der Waals surface area contributed by atoms with Gasteiger partial charge in [-0.2, -0.15) is 0 Å². The van der Waals surface area contributed by atoms with E-state index in [2.05, 4.69) is 63.8 Å². The molecule has 2 heterocycles. The van der Waals surface area contributed by atoms with Crippen LogP contribution in [0.15, 0.2) is 54.6 Å².